The highest BCUT2D eigenvalue weighted by atomic mass is 35.5. The Morgan fingerprint density at radius 1 is 1.05 bits per heavy atom. The van der Waals surface area contributed by atoms with Gasteiger partial charge in [-0.25, -0.2) is 12.8 Å². The minimum Gasteiger partial charge on any atom is -0.329 e. The van der Waals surface area contributed by atoms with Gasteiger partial charge in [0.05, 0.1) is 35.5 Å². The van der Waals surface area contributed by atoms with Crippen molar-refractivity contribution in [3.8, 4) is 0 Å². The molecule has 2 aliphatic rings. The Labute approximate surface area is 264 Å². The van der Waals surface area contributed by atoms with E-state index in [9.17, 15) is 17.6 Å². The van der Waals surface area contributed by atoms with E-state index in [0.717, 1.165) is 24.0 Å². The zero-order chi connectivity index (χ0) is 30.9. The summed E-state index contributed by atoms with van der Waals surface area (Å²) in [5, 5.41) is 1.18. The summed E-state index contributed by atoms with van der Waals surface area (Å²) in [4.78, 5) is 16.7. The van der Waals surface area contributed by atoms with Crippen LogP contribution in [0.2, 0.25) is 10.0 Å². The van der Waals surface area contributed by atoms with Gasteiger partial charge >= 0.3 is 0 Å². The summed E-state index contributed by atoms with van der Waals surface area (Å²) in [7, 11) is -3.81. The molecule has 1 aliphatic heterocycles. The number of nitrogens with zero attached hydrogens (tertiary/aromatic N) is 2. The number of hydrogen-bond donors (Lipinski definition) is 0. The zero-order valence-electron chi connectivity index (χ0n) is 24.4. The molecule has 0 N–H and O–H groups in total. The molecule has 3 aromatic rings. The molecule has 1 saturated carbocycles. The smallest absolute Gasteiger partial charge is 0.234 e. The summed E-state index contributed by atoms with van der Waals surface area (Å²) in [6.45, 7) is 7.53. The minimum atomic E-state index is -3.81. The first-order valence-corrected chi connectivity index (χ1v) is 17.0. The van der Waals surface area contributed by atoms with Gasteiger partial charge in [-0.15, -0.1) is 6.58 Å². The fourth-order valence-electron chi connectivity index (χ4n) is 6.53. The van der Waals surface area contributed by atoms with Crippen molar-refractivity contribution >= 4 is 44.8 Å². The average molecular weight is 644 g/mol. The third-order valence-corrected chi connectivity index (χ3v) is 11.1. The molecule has 1 heterocycles. The normalized spacial score (nSPS) is 23.2. The maximum absolute atomic E-state index is 14.8. The van der Waals surface area contributed by atoms with E-state index in [1.54, 1.807) is 19.1 Å². The number of sulfonamides is 1. The fraction of sp³-hybridized carbons (Fsp3) is 0.382. The van der Waals surface area contributed by atoms with Crippen molar-refractivity contribution in [3.05, 3.63) is 112 Å². The lowest BCUT2D eigenvalue weighted by atomic mass is 9.67. The Morgan fingerprint density at radius 3 is 2.35 bits per heavy atom. The van der Waals surface area contributed by atoms with Gasteiger partial charge in [-0.05, 0) is 92.1 Å². The van der Waals surface area contributed by atoms with Crippen LogP contribution in [0.4, 0.5) is 10.1 Å². The second-order valence-corrected chi connectivity index (χ2v) is 15.0. The molecule has 5 nitrogen and oxygen atoms in total. The quantitative estimate of drug-likeness (QED) is 0.197. The summed E-state index contributed by atoms with van der Waals surface area (Å²) < 4.78 is 42.8. The summed E-state index contributed by atoms with van der Waals surface area (Å²) >= 11 is 12.8. The Kier molecular flexibility index (Phi) is 9.26. The van der Waals surface area contributed by atoms with Crippen LogP contribution < -0.4 is 4.31 Å². The van der Waals surface area contributed by atoms with Crippen molar-refractivity contribution in [2.45, 2.75) is 57.5 Å². The molecule has 0 radical (unpaired) electrons. The summed E-state index contributed by atoms with van der Waals surface area (Å²) in [5.74, 6) is -0.781. The van der Waals surface area contributed by atoms with Crippen LogP contribution in [0.5, 0.6) is 0 Å². The number of benzene rings is 3. The van der Waals surface area contributed by atoms with E-state index in [1.807, 2.05) is 60.4 Å². The van der Waals surface area contributed by atoms with Gasteiger partial charge in [0, 0.05) is 16.0 Å². The standard InChI is InChI=1S/C34H37Cl2FN2O3S/c1-4-18-34(3)21-30(25-8-6-9-27(36)19-25)32(24-14-16-26(35)17-15-24)39(33(34)40)31(23-12-13-23)22-38(43(41,42)5-2)29-11-7-10-28(37)20-29/h4,6-11,14-17,19-20,23,30-32H,1,5,12-13,18,21-22H2,2-3H3/t30?,31-,32-,34+/m1/s1. The molecule has 3 aromatic carbocycles. The molecule has 4 atom stereocenters. The molecule has 0 bridgehead atoms. The number of anilines is 1. The molecule has 43 heavy (non-hydrogen) atoms. The van der Waals surface area contributed by atoms with Crippen molar-refractivity contribution in [1.29, 1.82) is 0 Å². The van der Waals surface area contributed by atoms with Crippen LogP contribution in [0.25, 0.3) is 0 Å². The van der Waals surface area contributed by atoms with Crippen molar-refractivity contribution in [2.75, 3.05) is 16.6 Å². The van der Waals surface area contributed by atoms with E-state index < -0.39 is 33.3 Å². The van der Waals surface area contributed by atoms with E-state index in [2.05, 4.69) is 6.58 Å². The molecule has 228 valence electrons. The minimum absolute atomic E-state index is 0.0204. The number of carbonyl (C=O) groups is 1. The first-order chi connectivity index (χ1) is 20.5. The molecular formula is C34H37Cl2FN2O3S. The fourth-order valence-corrected chi connectivity index (χ4v) is 7.99. The number of hydrogen-bond acceptors (Lipinski definition) is 3. The van der Waals surface area contributed by atoms with Gasteiger partial charge in [-0.2, -0.15) is 0 Å². The van der Waals surface area contributed by atoms with Crippen LogP contribution in [-0.2, 0) is 14.8 Å². The Bertz CT molecular complexity index is 1600. The number of halogens is 3. The van der Waals surface area contributed by atoms with Crippen LogP contribution in [0.3, 0.4) is 0 Å². The molecule has 9 heteroatoms. The van der Waals surface area contributed by atoms with E-state index in [4.69, 9.17) is 23.2 Å². The van der Waals surface area contributed by atoms with E-state index >= 15 is 0 Å². The molecular weight excluding hydrogens is 606 g/mol. The molecule has 1 aliphatic carbocycles. The van der Waals surface area contributed by atoms with Gasteiger partial charge in [-0.3, -0.25) is 9.10 Å². The zero-order valence-corrected chi connectivity index (χ0v) is 26.8. The Morgan fingerprint density at radius 2 is 1.74 bits per heavy atom. The highest BCUT2D eigenvalue weighted by Gasteiger charge is 2.54. The largest absolute Gasteiger partial charge is 0.329 e. The van der Waals surface area contributed by atoms with Crippen LogP contribution in [0.1, 0.15) is 62.6 Å². The highest BCUT2D eigenvalue weighted by molar-refractivity contribution is 7.92. The topological polar surface area (TPSA) is 57.7 Å². The second-order valence-electron chi connectivity index (χ2n) is 11.9. The lowest BCUT2D eigenvalue weighted by Gasteiger charge is -2.53. The number of amides is 1. The third kappa shape index (κ3) is 6.64. The number of likely N-dealkylation sites (tertiary alicyclic amines) is 1. The van der Waals surface area contributed by atoms with Gasteiger partial charge in [-0.1, -0.05) is 66.5 Å². The van der Waals surface area contributed by atoms with Crippen molar-refractivity contribution in [2.24, 2.45) is 11.3 Å². The number of allylic oxidation sites excluding steroid dienone is 1. The summed E-state index contributed by atoms with van der Waals surface area (Å²) in [6.07, 6.45) is 4.53. The maximum Gasteiger partial charge on any atom is 0.234 e. The second kappa shape index (κ2) is 12.6. The molecule has 1 saturated heterocycles. The lowest BCUT2D eigenvalue weighted by molar-refractivity contribution is -0.154. The SMILES string of the molecule is C=CC[C@@]1(C)CC(c2cccc(Cl)c2)[C@@H](c2ccc(Cl)cc2)N([C@H](CN(c2cccc(F)c2)S(=O)(=O)CC)C2CC2)C1=O. The van der Waals surface area contributed by atoms with Crippen molar-refractivity contribution < 1.29 is 17.6 Å². The molecule has 1 amide bonds. The summed E-state index contributed by atoms with van der Waals surface area (Å²) in [5.41, 5.74) is 1.38. The van der Waals surface area contributed by atoms with Crippen molar-refractivity contribution in [3.63, 3.8) is 0 Å². The first-order valence-electron chi connectivity index (χ1n) is 14.7. The average Bonchev–Trinajstić information content (AvgIpc) is 3.81. The number of rotatable bonds is 11. The van der Waals surface area contributed by atoms with Crippen molar-refractivity contribution in [1.82, 2.24) is 4.90 Å². The van der Waals surface area contributed by atoms with Gasteiger partial charge < -0.3 is 4.90 Å². The van der Waals surface area contributed by atoms with E-state index in [0.29, 0.717) is 22.9 Å². The van der Waals surface area contributed by atoms with Gasteiger partial charge in [0.2, 0.25) is 15.9 Å². The van der Waals surface area contributed by atoms with Crippen LogP contribution in [-0.4, -0.2) is 37.6 Å². The first kappa shape index (κ1) is 31.6. The molecule has 2 fully saturated rings. The predicted molar refractivity (Wildman–Crippen MR) is 172 cm³/mol. The molecule has 0 spiro atoms. The van der Waals surface area contributed by atoms with Gasteiger partial charge in [0.1, 0.15) is 5.82 Å². The van der Waals surface area contributed by atoms with Gasteiger partial charge in [0.25, 0.3) is 0 Å². The maximum atomic E-state index is 14.8. The monoisotopic (exact) mass is 642 g/mol. The molecule has 0 aromatic heterocycles. The van der Waals surface area contributed by atoms with E-state index in [1.165, 1.54) is 22.5 Å². The lowest BCUT2D eigenvalue weighted by Crippen LogP contribution is -2.59. The van der Waals surface area contributed by atoms with Crippen LogP contribution in [0, 0.1) is 17.2 Å². The summed E-state index contributed by atoms with van der Waals surface area (Å²) in [6, 6.07) is 20.0. The van der Waals surface area contributed by atoms with E-state index in [-0.39, 0.29) is 35.7 Å². The number of carbonyl (C=O) groups excluding carboxylic acids is 1. The highest BCUT2D eigenvalue weighted by Crippen LogP contribution is 2.54. The predicted octanol–water partition coefficient (Wildman–Crippen LogP) is 8.41. The molecule has 5 rings (SSSR count). The van der Waals surface area contributed by atoms with Gasteiger partial charge in [0.15, 0.2) is 0 Å². The molecule has 1 unspecified atom stereocenters. The Balaban J connectivity index is 1.70. The third-order valence-electron chi connectivity index (χ3n) is 8.86. The number of piperidine rings is 1. The van der Waals surface area contributed by atoms with Crippen LogP contribution >= 0.6 is 23.2 Å². The van der Waals surface area contributed by atoms with Crippen LogP contribution in [0.15, 0.2) is 85.5 Å². The Hall–Kier alpha value is -2.87.